The second-order valence-electron chi connectivity index (χ2n) is 5.46. The number of hydrogen-bond donors (Lipinski definition) is 2. The number of ether oxygens (including phenoxy) is 2. The topological polar surface area (TPSA) is 133 Å². The summed E-state index contributed by atoms with van der Waals surface area (Å²) in [6.07, 6.45) is 2.07. The number of nitrogens with one attached hydrogen (secondary N) is 2. The Morgan fingerprint density at radius 1 is 1.11 bits per heavy atom. The first-order valence-electron chi connectivity index (χ1n) is 8.50. The van der Waals surface area contributed by atoms with E-state index in [1.54, 1.807) is 24.3 Å². The standard InChI is InChI=1S/C17H22N4O6S/c1-28(24)17-21-20-16(27-17)14-4-2-13(3-5-14)15(23)19-7-9-26-11-10-25-8-6-18-12-22/h2-5,12H,6-11H2,1H3,(H,18,22)(H,19,23). The van der Waals surface area contributed by atoms with Gasteiger partial charge >= 0.3 is 5.22 Å². The molecule has 1 aromatic carbocycles. The lowest BCUT2D eigenvalue weighted by Crippen LogP contribution is -2.27. The summed E-state index contributed by atoms with van der Waals surface area (Å²) >= 11 is 0. The van der Waals surface area contributed by atoms with E-state index in [4.69, 9.17) is 13.9 Å². The van der Waals surface area contributed by atoms with Gasteiger partial charge in [-0.05, 0) is 24.3 Å². The number of carbonyl (C=O) groups is 2. The predicted octanol–water partition coefficient (Wildman–Crippen LogP) is -0.0170. The highest BCUT2D eigenvalue weighted by atomic mass is 32.2. The number of amides is 2. The van der Waals surface area contributed by atoms with Gasteiger partial charge < -0.3 is 24.5 Å². The summed E-state index contributed by atoms with van der Waals surface area (Å²) in [4.78, 5) is 22.1. The Labute approximate surface area is 164 Å². The molecule has 152 valence electrons. The average molecular weight is 410 g/mol. The van der Waals surface area contributed by atoms with E-state index >= 15 is 0 Å². The van der Waals surface area contributed by atoms with E-state index in [1.165, 1.54) is 6.26 Å². The minimum absolute atomic E-state index is 0.0554. The van der Waals surface area contributed by atoms with E-state index in [2.05, 4.69) is 20.8 Å². The Morgan fingerprint density at radius 2 is 1.79 bits per heavy atom. The summed E-state index contributed by atoms with van der Waals surface area (Å²) in [6, 6.07) is 6.63. The van der Waals surface area contributed by atoms with Crippen LogP contribution in [-0.2, 0) is 25.1 Å². The molecule has 2 amide bonds. The Morgan fingerprint density at radius 3 is 2.39 bits per heavy atom. The van der Waals surface area contributed by atoms with Crippen molar-refractivity contribution in [1.82, 2.24) is 20.8 Å². The molecule has 2 N–H and O–H groups in total. The number of carbonyl (C=O) groups excluding carboxylic acids is 2. The zero-order valence-electron chi connectivity index (χ0n) is 15.4. The number of hydrogen-bond acceptors (Lipinski definition) is 8. The van der Waals surface area contributed by atoms with Crippen molar-refractivity contribution in [1.29, 1.82) is 0 Å². The Hall–Kier alpha value is -2.63. The molecule has 0 radical (unpaired) electrons. The van der Waals surface area contributed by atoms with E-state index in [0.29, 0.717) is 57.1 Å². The van der Waals surface area contributed by atoms with Crippen LogP contribution in [0.15, 0.2) is 33.9 Å². The van der Waals surface area contributed by atoms with Crippen LogP contribution in [0.2, 0.25) is 0 Å². The molecule has 0 fully saturated rings. The Kier molecular flexibility index (Phi) is 9.25. The minimum atomic E-state index is -1.34. The molecule has 28 heavy (non-hydrogen) atoms. The number of aromatic nitrogens is 2. The Bertz CT molecular complexity index is 780. The van der Waals surface area contributed by atoms with Crippen LogP contribution in [0.5, 0.6) is 0 Å². The summed E-state index contributed by atoms with van der Waals surface area (Å²) in [5.74, 6) is 0.0157. The predicted molar refractivity (Wildman–Crippen MR) is 100 cm³/mol. The second kappa shape index (κ2) is 12.0. The molecule has 1 heterocycles. The van der Waals surface area contributed by atoms with Crippen LogP contribution < -0.4 is 10.6 Å². The van der Waals surface area contributed by atoms with Gasteiger partial charge in [-0.1, -0.05) is 5.10 Å². The third-order valence-electron chi connectivity index (χ3n) is 3.42. The molecule has 2 aromatic rings. The highest BCUT2D eigenvalue weighted by molar-refractivity contribution is 7.84. The van der Waals surface area contributed by atoms with Crippen molar-refractivity contribution in [2.75, 3.05) is 45.8 Å². The van der Waals surface area contributed by atoms with E-state index in [-0.39, 0.29) is 17.0 Å². The molecule has 1 aromatic heterocycles. The van der Waals surface area contributed by atoms with Crippen LogP contribution in [0.3, 0.4) is 0 Å². The molecule has 1 unspecified atom stereocenters. The maximum Gasteiger partial charge on any atom is 0.307 e. The lowest BCUT2D eigenvalue weighted by Gasteiger charge is -2.07. The fourth-order valence-electron chi connectivity index (χ4n) is 2.06. The lowest BCUT2D eigenvalue weighted by molar-refractivity contribution is -0.109. The molecule has 0 spiro atoms. The van der Waals surface area contributed by atoms with Crippen molar-refractivity contribution < 1.29 is 27.7 Å². The van der Waals surface area contributed by atoms with Gasteiger partial charge in [-0.3, -0.25) is 9.59 Å². The van der Waals surface area contributed by atoms with Crippen molar-refractivity contribution in [3.63, 3.8) is 0 Å². The summed E-state index contributed by atoms with van der Waals surface area (Å²) in [5.41, 5.74) is 1.11. The van der Waals surface area contributed by atoms with Crippen LogP contribution in [0.25, 0.3) is 11.5 Å². The molecule has 10 nitrogen and oxygen atoms in total. The van der Waals surface area contributed by atoms with Crippen LogP contribution in [0.1, 0.15) is 10.4 Å². The molecule has 0 aliphatic rings. The zero-order valence-corrected chi connectivity index (χ0v) is 16.2. The maximum absolute atomic E-state index is 12.1. The summed E-state index contributed by atoms with van der Waals surface area (Å²) in [6.45, 7) is 2.43. The lowest BCUT2D eigenvalue weighted by atomic mass is 10.1. The second-order valence-corrected chi connectivity index (χ2v) is 6.71. The molecule has 0 aliphatic heterocycles. The maximum atomic E-state index is 12.1. The van der Waals surface area contributed by atoms with Crippen LogP contribution in [-0.4, -0.2) is 72.5 Å². The SMILES string of the molecule is CS(=O)c1nnc(-c2ccc(C(=O)NCCOCCOCCNC=O)cc2)o1. The van der Waals surface area contributed by atoms with Gasteiger partial charge in [0.15, 0.2) is 0 Å². The third-order valence-corrected chi connectivity index (χ3v) is 4.08. The van der Waals surface area contributed by atoms with Crippen molar-refractivity contribution >= 4 is 23.1 Å². The monoisotopic (exact) mass is 410 g/mol. The molecular formula is C17H22N4O6S. The van der Waals surface area contributed by atoms with Crippen molar-refractivity contribution in [3.8, 4) is 11.5 Å². The van der Waals surface area contributed by atoms with E-state index in [0.717, 1.165) is 0 Å². The fourth-order valence-corrected chi connectivity index (χ4v) is 2.41. The Balaban J connectivity index is 1.66. The first-order chi connectivity index (χ1) is 13.6. The summed E-state index contributed by atoms with van der Waals surface area (Å²) in [7, 11) is -1.34. The number of rotatable bonds is 13. The van der Waals surface area contributed by atoms with Crippen LogP contribution >= 0.6 is 0 Å². The largest absolute Gasteiger partial charge is 0.410 e. The van der Waals surface area contributed by atoms with E-state index < -0.39 is 10.8 Å². The van der Waals surface area contributed by atoms with Gasteiger partial charge in [-0.15, -0.1) is 5.10 Å². The first kappa shape index (κ1) is 21.7. The highest BCUT2D eigenvalue weighted by Gasteiger charge is 2.12. The minimum Gasteiger partial charge on any atom is -0.410 e. The average Bonchev–Trinajstić information content (AvgIpc) is 3.20. The fraction of sp³-hybridized carbons (Fsp3) is 0.412. The molecule has 0 aliphatic carbocycles. The summed E-state index contributed by atoms with van der Waals surface area (Å²) in [5, 5.41) is 12.8. The molecule has 0 saturated carbocycles. The third kappa shape index (κ3) is 7.18. The molecular weight excluding hydrogens is 388 g/mol. The van der Waals surface area contributed by atoms with E-state index in [1.807, 2.05) is 0 Å². The van der Waals surface area contributed by atoms with Gasteiger partial charge in [-0.25, -0.2) is 4.21 Å². The van der Waals surface area contributed by atoms with Gasteiger partial charge in [0, 0.05) is 30.5 Å². The molecule has 1 atom stereocenters. The highest BCUT2D eigenvalue weighted by Crippen LogP contribution is 2.19. The van der Waals surface area contributed by atoms with Gasteiger partial charge in [0.2, 0.25) is 12.3 Å². The van der Waals surface area contributed by atoms with Crippen molar-refractivity contribution in [2.24, 2.45) is 0 Å². The van der Waals surface area contributed by atoms with Gasteiger partial charge in [0.1, 0.15) is 10.8 Å². The number of nitrogens with zero attached hydrogens (tertiary/aromatic N) is 2. The van der Waals surface area contributed by atoms with E-state index in [9.17, 15) is 13.8 Å². The smallest absolute Gasteiger partial charge is 0.307 e. The van der Waals surface area contributed by atoms with Gasteiger partial charge in [-0.2, -0.15) is 0 Å². The zero-order chi connectivity index (χ0) is 20.2. The summed E-state index contributed by atoms with van der Waals surface area (Å²) < 4.78 is 27.2. The van der Waals surface area contributed by atoms with Gasteiger partial charge in [0.05, 0.1) is 26.4 Å². The normalized spacial score (nSPS) is 11.8. The molecule has 0 saturated heterocycles. The number of benzene rings is 1. The molecule has 2 rings (SSSR count). The quantitative estimate of drug-likeness (QED) is 0.348. The van der Waals surface area contributed by atoms with Crippen LogP contribution in [0.4, 0.5) is 0 Å². The van der Waals surface area contributed by atoms with Gasteiger partial charge in [0.25, 0.3) is 5.91 Å². The van der Waals surface area contributed by atoms with Crippen molar-refractivity contribution in [3.05, 3.63) is 29.8 Å². The molecule has 0 bridgehead atoms. The molecule has 11 heteroatoms. The van der Waals surface area contributed by atoms with Crippen LogP contribution in [0, 0.1) is 0 Å². The first-order valence-corrected chi connectivity index (χ1v) is 10.1. The van der Waals surface area contributed by atoms with Crippen molar-refractivity contribution in [2.45, 2.75) is 5.22 Å².